The second kappa shape index (κ2) is 7.23. The molecule has 1 aromatic carbocycles. The molecule has 0 amide bonds. The van der Waals surface area contributed by atoms with Crippen LogP contribution in [0.25, 0.3) is 0 Å². The molecule has 0 atom stereocenters. The van der Waals surface area contributed by atoms with Crippen molar-refractivity contribution in [1.29, 1.82) is 0 Å². The Kier molecular flexibility index (Phi) is 5.59. The first-order valence-electron chi connectivity index (χ1n) is 5.79. The van der Waals surface area contributed by atoms with Crippen LogP contribution in [-0.2, 0) is 0 Å². The fraction of sp³-hybridized carbons (Fsp3) is 0.357. The fourth-order valence-corrected chi connectivity index (χ4v) is 1.21. The minimum absolute atomic E-state index is 0.0869. The minimum Gasteiger partial charge on any atom is -0.280 e. The third-order valence-electron chi connectivity index (χ3n) is 2.15. The summed E-state index contributed by atoms with van der Waals surface area (Å²) in [5.74, 6) is 6.58. The number of benzene rings is 1. The van der Waals surface area contributed by atoms with Crippen molar-refractivity contribution >= 4 is 11.9 Å². The number of non-ortho nitro benzene ring substituents is 1. The number of hydrogen-bond acceptors (Lipinski definition) is 3. The normalized spacial score (nSPS) is 10.4. The first kappa shape index (κ1) is 13.9. The Bertz CT molecular complexity index is 479. The summed E-state index contributed by atoms with van der Waals surface area (Å²) < 4.78 is 0. The van der Waals surface area contributed by atoms with Gasteiger partial charge < -0.3 is 0 Å². The quantitative estimate of drug-likeness (QED) is 0.354. The first-order chi connectivity index (χ1) is 8.59. The van der Waals surface area contributed by atoms with Crippen LogP contribution < -0.4 is 0 Å². The van der Waals surface area contributed by atoms with Gasteiger partial charge in [-0.05, 0) is 23.6 Å². The van der Waals surface area contributed by atoms with Gasteiger partial charge in [-0.15, -0.1) is 5.92 Å². The van der Waals surface area contributed by atoms with Crippen molar-refractivity contribution in [3.63, 3.8) is 0 Å². The molecule has 1 aromatic rings. The Hall–Kier alpha value is -2.15. The number of aliphatic imine (C=N–C) groups is 1. The number of hydrogen-bond donors (Lipinski definition) is 0. The van der Waals surface area contributed by atoms with Crippen molar-refractivity contribution in [3.05, 3.63) is 39.9 Å². The molecule has 0 saturated heterocycles. The van der Waals surface area contributed by atoms with Crippen LogP contribution in [0.3, 0.4) is 0 Å². The van der Waals surface area contributed by atoms with Gasteiger partial charge in [-0.1, -0.05) is 19.8 Å². The highest BCUT2D eigenvalue weighted by Crippen LogP contribution is 2.10. The van der Waals surface area contributed by atoms with E-state index in [-0.39, 0.29) is 5.69 Å². The van der Waals surface area contributed by atoms with Gasteiger partial charge >= 0.3 is 0 Å². The maximum atomic E-state index is 10.5. The summed E-state index contributed by atoms with van der Waals surface area (Å²) in [6.45, 7) is 4.70. The van der Waals surface area contributed by atoms with Gasteiger partial charge in [0.1, 0.15) is 0 Å². The molecule has 1 rings (SSSR count). The fourth-order valence-electron chi connectivity index (χ4n) is 1.21. The Morgan fingerprint density at radius 3 is 2.56 bits per heavy atom. The van der Waals surface area contributed by atoms with Gasteiger partial charge in [0.15, 0.2) is 0 Å². The minimum atomic E-state index is -0.418. The van der Waals surface area contributed by atoms with E-state index < -0.39 is 4.92 Å². The molecule has 0 spiro atoms. The third-order valence-corrected chi connectivity index (χ3v) is 2.15. The zero-order chi connectivity index (χ0) is 13.4. The molecular formula is C14H16N2O2. The Balaban J connectivity index is 2.46. The number of nitrogens with zero attached hydrogens (tertiary/aromatic N) is 2. The molecule has 0 N–H and O–H groups in total. The standard InChI is InChI=1S/C14H16N2O2/c1-12(2)5-3-4-10-15-11-13-6-8-14(9-7-13)16(17)18/h6-9,11-12H,5,10H2,1-2H3. The van der Waals surface area contributed by atoms with Gasteiger partial charge in [-0.2, -0.15) is 0 Å². The molecule has 0 bridgehead atoms. The zero-order valence-electron chi connectivity index (χ0n) is 10.6. The van der Waals surface area contributed by atoms with Crippen molar-refractivity contribution in [2.45, 2.75) is 20.3 Å². The third kappa shape index (κ3) is 5.26. The highest BCUT2D eigenvalue weighted by Gasteiger charge is 2.01. The van der Waals surface area contributed by atoms with Gasteiger partial charge in [0.25, 0.3) is 5.69 Å². The van der Waals surface area contributed by atoms with Gasteiger partial charge in [0, 0.05) is 24.8 Å². The molecule has 0 aliphatic rings. The maximum Gasteiger partial charge on any atom is 0.269 e. The average Bonchev–Trinajstić information content (AvgIpc) is 2.34. The van der Waals surface area contributed by atoms with Crippen LogP contribution in [0, 0.1) is 27.9 Å². The summed E-state index contributed by atoms with van der Waals surface area (Å²) in [6.07, 6.45) is 2.56. The molecule has 94 valence electrons. The molecule has 0 radical (unpaired) electrons. The lowest BCUT2D eigenvalue weighted by Crippen LogP contribution is -1.88. The number of rotatable bonds is 4. The summed E-state index contributed by atoms with van der Waals surface area (Å²) in [7, 11) is 0. The molecule has 4 heteroatoms. The summed E-state index contributed by atoms with van der Waals surface area (Å²) in [5, 5.41) is 10.5. The Labute approximate surface area is 107 Å². The summed E-state index contributed by atoms with van der Waals surface area (Å²) in [4.78, 5) is 14.2. The largest absolute Gasteiger partial charge is 0.280 e. The molecule has 0 fully saturated rings. The highest BCUT2D eigenvalue weighted by atomic mass is 16.6. The van der Waals surface area contributed by atoms with Crippen LogP contribution in [0.15, 0.2) is 29.3 Å². The zero-order valence-corrected chi connectivity index (χ0v) is 10.6. The van der Waals surface area contributed by atoms with E-state index in [1.54, 1.807) is 18.3 Å². The summed E-state index contributed by atoms with van der Waals surface area (Å²) >= 11 is 0. The van der Waals surface area contributed by atoms with Crippen LogP contribution >= 0.6 is 0 Å². The van der Waals surface area contributed by atoms with Crippen molar-refractivity contribution in [3.8, 4) is 11.8 Å². The topological polar surface area (TPSA) is 55.5 Å². The van der Waals surface area contributed by atoms with Crippen LogP contribution in [0.5, 0.6) is 0 Å². The molecule has 18 heavy (non-hydrogen) atoms. The van der Waals surface area contributed by atoms with E-state index >= 15 is 0 Å². The predicted molar refractivity (Wildman–Crippen MR) is 72.8 cm³/mol. The summed E-state index contributed by atoms with van der Waals surface area (Å²) in [6, 6.07) is 6.27. The van der Waals surface area contributed by atoms with E-state index in [9.17, 15) is 10.1 Å². The molecule has 0 heterocycles. The van der Waals surface area contributed by atoms with E-state index in [0.29, 0.717) is 12.5 Å². The maximum absolute atomic E-state index is 10.5. The molecule has 0 aromatic heterocycles. The lowest BCUT2D eigenvalue weighted by molar-refractivity contribution is -0.384. The van der Waals surface area contributed by atoms with Gasteiger partial charge in [-0.3, -0.25) is 15.1 Å². The van der Waals surface area contributed by atoms with Gasteiger partial charge in [-0.25, -0.2) is 0 Å². The Morgan fingerprint density at radius 1 is 1.33 bits per heavy atom. The lowest BCUT2D eigenvalue weighted by atomic mass is 10.1. The predicted octanol–water partition coefficient (Wildman–Crippen LogP) is 3.06. The second-order valence-electron chi connectivity index (χ2n) is 4.27. The average molecular weight is 244 g/mol. The van der Waals surface area contributed by atoms with Crippen molar-refractivity contribution in [1.82, 2.24) is 0 Å². The van der Waals surface area contributed by atoms with E-state index in [4.69, 9.17) is 0 Å². The van der Waals surface area contributed by atoms with Gasteiger partial charge in [0.05, 0.1) is 11.5 Å². The molecule has 0 aliphatic heterocycles. The number of nitro groups is 1. The molecule has 4 nitrogen and oxygen atoms in total. The lowest BCUT2D eigenvalue weighted by Gasteiger charge is -1.93. The number of nitro benzene ring substituents is 1. The van der Waals surface area contributed by atoms with E-state index in [0.717, 1.165) is 12.0 Å². The van der Waals surface area contributed by atoms with Crippen molar-refractivity contribution < 1.29 is 4.92 Å². The van der Waals surface area contributed by atoms with Gasteiger partial charge in [0.2, 0.25) is 0 Å². The molecular weight excluding hydrogens is 228 g/mol. The second-order valence-corrected chi connectivity index (χ2v) is 4.27. The smallest absolute Gasteiger partial charge is 0.269 e. The molecule has 0 unspecified atom stereocenters. The SMILES string of the molecule is CC(C)CC#CCN=Cc1ccc([N+](=O)[O-])cc1. The highest BCUT2D eigenvalue weighted by molar-refractivity contribution is 5.80. The van der Waals surface area contributed by atoms with Crippen LogP contribution in [0.2, 0.25) is 0 Å². The van der Waals surface area contributed by atoms with Crippen LogP contribution in [0.4, 0.5) is 5.69 Å². The first-order valence-corrected chi connectivity index (χ1v) is 5.79. The van der Waals surface area contributed by atoms with E-state index in [1.165, 1.54) is 12.1 Å². The summed E-state index contributed by atoms with van der Waals surface area (Å²) in [5.41, 5.74) is 0.926. The molecule has 0 saturated carbocycles. The molecule has 0 aliphatic carbocycles. The van der Waals surface area contributed by atoms with E-state index in [1.807, 2.05) is 0 Å². The Morgan fingerprint density at radius 2 is 2.00 bits per heavy atom. The van der Waals surface area contributed by atoms with E-state index in [2.05, 4.69) is 30.7 Å². The van der Waals surface area contributed by atoms with Crippen molar-refractivity contribution in [2.24, 2.45) is 10.9 Å². The van der Waals surface area contributed by atoms with Crippen molar-refractivity contribution in [2.75, 3.05) is 6.54 Å². The van der Waals surface area contributed by atoms with Crippen LogP contribution in [-0.4, -0.2) is 17.7 Å². The van der Waals surface area contributed by atoms with Crippen LogP contribution in [0.1, 0.15) is 25.8 Å². The monoisotopic (exact) mass is 244 g/mol.